The van der Waals surface area contributed by atoms with Crippen molar-refractivity contribution in [3.63, 3.8) is 0 Å². The molecule has 5 nitrogen and oxygen atoms in total. The van der Waals surface area contributed by atoms with E-state index in [0.29, 0.717) is 12.5 Å². The SMILES string of the molecule is O=C(NCC(O)COCC1CC1)c1ccncc1F. The molecule has 0 aromatic carbocycles. The van der Waals surface area contributed by atoms with Crippen LogP contribution in [0.4, 0.5) is 4.39 Å². The molecule has 1 aliphatic carbocycles. The van der Waals surface area contributed by atoms with Crippen LogP contribution in [0.15, 0.2) is 18.5 Å². The van der Waals surface area contributed by atoms with Crippen LogP contribution in [0.25, 0.3) is 0 Å². The highest BCUT2D eigenvalue weighted by atomic mass is 19.1. The molecule has 19 heavy (non-hydrogen) atoms. The van der Waals surface area contributed by atoms with E-state index in [-0.39, 0.29) is 18.7 Å². The number of halogens is 1. The van der Waals surface area contributed by atoms with Gasteiger partial charge in [-0.25, -0.2) is 4.39 Å². The summed E-state index contributed by atoms with van der Waals surface area (Å²) >= 11 is 0. The first-order valence-electron chi connectivity index (χ1n) is 6.30. The molecule has 0 aliphatic heterocycles. The van der Waals surface area contributed by atoms with Crippen molar-refractivity contribution in [2.24, 2.45) is 5.92 Å². The minimum absolute atomic E-state index is 0.0330. The molecule has 104 valence electrons. The van der Waals surface area contributed by atoms with Crippen molar-refractivity contribution >= 4 is 5.91 Å². The Morgan fingerprint density at radius 3 is 3.11 bits per heavy atom. The summed E-state index contributed by atoms with van der Waals surface area (Å²) in [6.45, 7) is 0.866. The quantitative estimate of drug-likeness (QED) is 0.765. The van der Waals surface area contributed by atoms with Crippen molar-refractivity contribution in [3.05, 3.63) is 29.8 Å². The Morgan fingerprint density at radius 2 is 2.42 bits per heavy atom. The number of carbonyl (C=O) groups excluding carboxylic acids is 1. The number of nitrogens with zero attached hydrogens (tertiary/aromatic N) is 1. The van der Waals surface area contributed by atoms with Crippen molar-refractivity contribution in [3.8, 4) is 0 Å². The Kier molecular flexibility index (Phi) is 4.81. The van der Waals surface area contributed by atoms with Crippen LogP contribution < -0.4 is 5.32 Å². The first-order valence-corrected chi connectivity index (χ1v) is 6.30. The molecule has 1 atom stereocenters. The van der Waals surface area contributed by atoms with Gasteiger partial charge in [0.05, 0.1) is 24.5 Å². The summed E-state index contributed by atoms with van der Waals surface area (Å²) in [6, 6.07) is 1.29. The first-order chi connectivity index (χ1) is 9.16. The topological polar surface area (TPSA) is 71.5 Å². The lowest BCUT2D eigenvalue weighted by molar-refractivity contribution is 0.0320. The van der Waals surface area contributed by atoms with Gasteiger partial charge in [0.25, 0.3) is 5.91 Å². The lowest BCUT2D eigenvalue weighted by Gasteiger charge is -2.12. The van der Waals surface area contributed by atoms with Gasteiger partial charge in [-0.15, -0.1) is 0 Å². The molecule has 1 fully saturated rings. The highest BCUT2D eigenvalue weighted by molar-refractivity contribution is 5.94. The van der Waals surface area contributed by atoms with Gasteiger partial charge in [0.15, 0.2) is 5.82 Å². The molecule has 1 unspecified atom stereocenters. The molecule has 0 bridgehead atoms. The Hall–Kier alpha value is -1.53. The number of carbonyl (C=O) groups is 1. The average Bonchev–Trinajstić information content (AvgIpc) is 3.20. The molecular weight excluding hydrogens is 251 g/mol. The summed E-state index contributed by atoms with van der Waals surface area (Å²) in [5.41, 5.74) is -0.0823. The van der Waals surface area contributed by atoms with Crippen LogP contribution in [-0.2, 0) is 4.74 Å². The number of pyridine rings is 1. The second kappa shape index (κ2) is 6.58. The van der Waals surface area contributed by atoms with Gasteiger partial charge in [-0.2, -0.15) is 0 Å². The highest BCUT2D eigenvalue weighted by Gasteiger charge is 2.21. The van der Waals surface area contributed by atoms with E-state index in [9.17, 15) is 14.3 Å². The summed E-state index contributed by atoms with van der Waals surface area (Å²) < 4.78 is 18.5. The number of hydrogen-bond acceptors (Lipinski definition) is 4. The summed E-state index contributed by atoms with van der Waals surface area (Å²) in [4.78, 5) is 15.2. The molecule has 2 rings (SSSR count). The van der Waals surface area contributed by atoms with Gasteiger partial charge in [-0.3, -0.25) is 9.78 Å². The van der Waals surface area contributed by atoms with Gasteiger partial charge in [0, 0.05) is 19.3 Å². The number of aromatic nitrogens is 1. The van der Waals surface area contributed by atoms with Crippen LogP contribution >= 0.6 is 0 Å². The Balaban J connectivity index is 1.68. The second-order valence-corrected chi connectivity index (χ2v) is 4.70. The third kappa shape index (κ3) is 4.57. The normalized spacial score (nSPS) is 16.1. The molecule has 0 spiro atoms. The fraction of sp³-hybridized carbons (Fsp3) is 0.538. The standard InChI is InChI=1S/C13H17FN2O3/c14-12-6-15-4-3-11(12)13(18)16-5-10(17)8-19-7-9-1-2-9/h3-4,6,9-10,17H,1-2,5,7-8H2,(H,16,18). The minimum Gasteiger partial charge on any atom is -0.389 e. The number of ether oxygens (including phenoxy) is 1. The Bertz CT molecular complexity index is 438. The van der Waals surface area contributed by atoms with E-state index in [0.717, 1.165) is 6.20 Å². The van der Waals surface area contributed by atoms with E-state index in [4.69, 9.17) is 4.74 Å². The summed E-state index contributed by atoms with van der Waals surface area (Å²) in [5, 5.41) is 12.1. The van der Waals surface area contributed by atoms with E-state index < -0.39 is 17.8 Å². The lowest BCUT2D eigenvalue weighted by Crippen LogP contribution is -2.35. The van der Waals surface area contributed by atoms with Crippen LogP contribution in [0.3, 0.4) is 0 Å². The summed E-state index contributed by atoms with van der Waals surface area (Å²) in [5.74, 6) is -0.617. The fourth-order valence-electron chi connectivity index (χ4n) is 1.58. The van der Waals surface area contributed by atoms with Crippen LogP contribution in [0.5, 0.6) is 0 Å². The summed E-state index contributed by atoms with van der Waals surface area (Å²) in [7, 11) is 0. The van der Waals surface area contributed by atoms with E-state index in [1.807, 2.05) is 0 Å². The second-order valence-electron chi connectivity index (χ2n) is 4.70. The van der Waals surface area contributed by atoms with E-state index in [2.05, 4.69) is 10.3 Å². The molecular formula is C13H17FN2O3. The van der Waals surface area contributed by atoms with Crippen molar-refractivity contribution in [2.45, 2.75) is 18.9 Å². The molecule has 6 heteroatoms. The Morgan fingerprint density at radius 1 is 1.63 bits per heavy atom. The van der Waals surface area contributed by atoms with Crippen molar-refractivity contribution in [1.29, 1.82) is 0 Å². The van der Waals surface area contributed by atoms with Gasteiger partial charge >= 0.3 is 0 Å². The molecule has 1 amide bonds. The van der Waals surface area contributed by atoms with Gasteiger partial charge in [0.2, 0.25) is 0 Å². The zero-order chi connectivity index (χ0) is 13.7. The van der Waals surface area contributed by atoms with Gasteiger partial charge in [0.1, 0.15) is 0 Å². The molecule has 0 saturated heterocycles. The molecule has 1 saturated carbocycles. The predicted octanol–water partition coefficient (Wildman–Crippen LogP) is 0.738. The predicted molar refractivity (Wildman–Crippen MR) is 66.1 cm³/mol. The van der Waals surface area contributed by atoms with Crippen LogP contribution in [-0.4, -0.2) is 41.9 Å². The third-order valence-electron chi connectivity index (χ3n) is 2.88. The zero-order valence-corrected chi connectivity index (χ0v) is 10.5. The number of aliphatic hydroxyl groups is 1. The van der Waals surface area contributed by atoms with E-state index in [1.54, 1.807) is 0 Å². The lowest BCUT2D eigenvalue weighted by atomic mass is 10.2. The maximum Gasteiger partial charge on any atom is 0.254 e. The molecule has 1 aromatic heterocycles. The zero-order valence-electron chi connectivity index (χ0n) is 10.5. The van der Waals surface area contributed by atoms with Crippen molar-refractivity contribution < 1.29 is 19.0 Å². The molecule has 1 heterocycles. The monoisotopic (exact) mass is 268 g/mol. The van der Waals surface area contributed by atoms with Gasteiger partial charge in [-0.05, 0) is 24.8 Å². The summed E-state index contributed by atoms with van der Waals surface area (Å²) in [6.07, 6.45) is 3.91. The Labute approximate surface area is 110 Å². The average molecular weight is 268 g/mol. The van der Waals surface area contributed by atoms with Gasteiger partial charge < -0.3 is 15.2 Å². The number of hydrogen-bond donors (Lipinski definition) is 2. The van der Waals surface area contributed by atoms with E-state index in [1.165, 1.54) is 25.1 Å². The first kappa shape index (κ1) is 13.9. The number of amides is 1. The highest BCUT2D eigenvalue weighted by Crippen LogP contribution is 2.28. The molecule has 1 aliphatic rings. The molecule has 2 N–H and O–H groups in total. The van der Waals surface area contributed by atoms with Crippen LogP contribution in [0.1, 0.15) is 23.2 Å². The van der Waals surface area contributed by atoms with Crippen LogP contribution in [0, 0.1) is 11.7 Å². The number of nitrogens with one attached hydrogen (secondary N) is 1. The largest absolute Gasteiger partial charge is 0.389 e. The molecule has 1 aromatic rings. The smallest absolute Gasteiger partial charge is 0.254 e. The van der Waals surface area contributed by atoms with Gasteiger partial charge in [-0.1, -0.05) is 0 Å². The number of rotatable bonds is 7. The fourth-order valence-corrected chi connectivity index (χ4v) is 1.58. The maximum absolute atomic E-state index is 13.3. The van der Waals surface area contributed by atoms with Crippen molar-refractivity contribution in [2.75, 3.05) is 19.8 Å². The maximum atomic E-state index is 13.3. The van der Waals surface area contributed by atoms with Crippen molar-refractivity contribution in [1.82, 2.24) is 10.3 Å². The van der Waals surface area contributed by atoms with E-state index >= 15 is 0 Å². The number of aliphatic hydroxyl groups excluding tert-OH is 1. The molecule has 0 radical (unpaired) electrons. The minimum atomic E-state index is -0.785. The third-order valence-corrected chi connectivity index (χ3v) is 2.88. The van der Waals surface area contributed by atoms with Crippen LogP contribution in [0.2, 0.25) is 0 Å².